The van der Waals surface area contributed by atoms with Crippen LogP contribution in [0, 0.1) is 11.3 Å². The third kappa shape index (κ3) is 2.05. The Morgan fingerprint density at radius 1 is 1.21 bits per heavy atom. The molecule has 102 valence electrons. The number of anilines is 1. The van der Waals surface area contributed by atoms with Gasteiger partial charge in [0, 0.05) is 26.7 Å². The van der Waals surface area contributed by atoms with E-state index >= 15 is 0 Å². The summed E-state index contributed by atoms with van der Waals surface area (Å²) >= 11 is 0. The third-order valence-corrected chi connectivity index (χ3v) is 3.82. The van der Waals surface area contributed by atoms with Gasteiger partial charge in [-0.25, -0.2) is 4.79 Å². The van der Waals surface area contributed by atoms with Gasteiger partial charge in [-0.1, -0.05) is 0 Å². The van der Waals surface area contributed by atoms with Crippen molar-refractivity contribution in [3.8, 4) is 6.07 Å². The van der Waals surface area contributed by atoms with Crippen LogP contribution in [0.15, 0.2) is 9.59 Å². The minimum atomic E-state index is -0.515. The second-order valence-electron chi connectivity index (χ2n) is 5.05. The lowest BCUT2D eigenvalue weighted by Gasteiger charge is -2.36. The van der Waals surface area contributed by atoms with Gasteiger partial charge in [-0.15, -0.1) is 0 Å². The molecule has 0 amide bonds. The maximum absolute atomic E-state index is 12.0. The van der Waals surface area contributed by atoms with Crippen LogP contribution in [0.25, 0.3) is 0 Å². The van der Waals surface area contributed by atoms with Crippen LogP contribution in [0.4, 0.5) is 5.82 Å². The van der Waals surface area contributed by atoms with Crippen LogP contribution in [0.2, 0.25) is 0 Å². The van der Waals surface area contributed by atoms with E-state index in [2.05, 4.69) is 6.92 Å². The summed E-state index contributed by atoms with van der Waals surface area (Å²) in [4.78, 5) is 26.1. The van der Waals surface area contributed by atoms with E-state index in [0.29, 0.717) is 5.82 Å². The minimum Gasteiger partial charge on any atom is -0.354 e. The molecule has 0 radical (unpaired) electrons. The summed E-state index contributed by atoms with van der Waals surface area (Å²) in [5.41, 5.74) is -0.853. The molecule has 0 spiro atoms. The van der Waals surface area contributed by atoms with Crippen molar-refractivity contribution in [2.24, 2.45) is 14.1 Å². The Morgan fingerprint density at radius 2 is 1.89 bits per heavy atom. The van der Waals surface area contributed by atoms with Gasteiger partial charge in [-0.3, -0.25) is 13.9 Å². The SMILES string of the molecule is CC1CCCCN1c1c(C#N)c(=O)n(C)c(=O)n1C. The summed E-state index contributed by atoms with van der Waals surface area (Å²) in [5, 5.41) is 9.25. The molecule has 2 heterocycles. The largest absolute Gasteiger partial charge is 0.354 e. The van der Waals surface area contributed by atoms with Crippen molar-refractivity contribution in [3.05, 3.63) is 26.4 Å². The molecule has 1 fully saturated rings. The standard InChI is InChI=1S/C13H18N4O2/c1-9-6-4-5-7-17(9)11-10(8-14)12(18)16(3)13(19)15(11)2/h9H,4-7H2,1-3H3. The first-order valence-electron chi connectivity index (χ1n) is 6.45. The molecule has 1 saturated heterocycles. The summed E-state index contributed by atoms with van der Waals surface area (Å²) in [6, 6.07) is 2.19. The van der Waals surface area contributed by atoms with Crippen molar-refractivity contribution in [3.63, 3.8) is 0 Å². The average Bonchev–Trinajstić information content (AvgIpc) is 2.41. The molecule has 6 nitrogen and oxygen atoms in total. The van der Waals surface area contributed by atoms with Gasteiger partial charge < -0.3 is 4.90 Å². The highest BCUT2D eigenvalue weighted by Gasteiger charge is 2.26. The second kappa shape index (κ2) is 4.92. The highest BCUT2D eigenvalue weighted by molar-refractivity contribution is 5.54. The molecule has 1 aliphatic heterocycles. The number of nitrogens with zero attached hydrogens (tertiary/aromatic N) is 4. The van der Waals surface area contributed by atoms with Gasteiger partial charge in [0.1, 0.15) is 11.9 Å². The van der Waals surface area contributed by atoms with Crippen LogP contribution in [0.5, 0.6) is 0 Å². The molecule has 0 bridgehead atoms. The molecule has 2 rings (SSSR count). The van der Waals surface area contributed by atoms with Gasteiger partial charge in [-0.05, 0) is 26.2 Å². The molecule has 6 heteroatoms. The summed E-state index contributed by atoms with van der Waals surface area (Å²) in [6.45, 7) is 2.83. The third-order valence-electron chi connectivity index (χ3n) is 3.82. The van der Waals surface area contributed by atoms with Gasteiger partial charge in [0.2, 0.25) is 0 Å². The van der Waals surface area contributed by atoms with Crippen LogP contribution >= 0.6 is 0 Å². The highest BCUT2D eigenvalue weighted by Crippen LogP contribution is 2.24. The van der Waals surface area contributed by atoms with Crippen molar-refractivity contribution in [2.45, 2.75) is 32.2 Å². The Kier molecular flexibility index (Phi) is 3.47. The van der Waals surface area contributed by atoms with E-state index in [9.17, 15) is 14.9 Å². The summed E-state index contributed by atoms with van der Waals surface area (Å²) in [5.74, 6) is 0.461. The first kappa shape index (κ1) is 13.4. The number of hydrogen-bond acceptors (Lipinski definition) is 4. The first-order valence-corrected chi connectivity index (χ1v) is 6.45. The quantitative estimate of drug-likeness (QED) is 0.731. The molecule has 0 saturated carbocycles. The van der Waals surface area contributed by atoms with Gasteiger partial charge in [-0.2, -0.15) is 5.26 Å². The predicted octanol–water partition coefficient (Wildman–Crippen LogP) is 0.334. The van der Waals surface area contributed by atoms with E-state index in [1.807, 2.05) is 11.0 Å². The van der Waals surface area contributed by atoms with Crippen molar-refractivity contribution >= 4 is 5.82 Å². The van der Waals surface area contributed by atoms with E-state index in [-0.39, 0.29) is 11.6 Å². The second-order valence-corrected chi connectivity index (χ2v) is 5.05. The Morgan fingerprint density at radius 3 is 2.47 bits per heavy atom. The van der Waals surface area contributed by atoms with Gasteiger partial charge in [0.15, 0.2) is 5.56 Å². The van der Waals surface area contributed by atoms with Crippen LogP contribution in [0.3, 0.4) is 0 Å². The van der Waals surface area contributed by atoms with Gasteiger partial charge >= 0.3 is 5.69 Å². The summed E-state index contributed by atoms with van der Waals surface area (Å²) < 4.78 is 2.39. The molecule has 1 atom stereocenters. The number of aromatic nitrogens is 2. The van der Waals surface area contributed by atoms with Gasteiger partial charge in [0.05, 0.1) is 0 Å². The Labute approximate surface area is 111 Å². The Hall–Kier alpha value is -2.03. The zero-order chi connectivity index (χ0) is 14.2. The predicted molar refractivity (Wildman–Crippen MR) is 72.3 cm³/mol. The molecule has 1 aliphatic rings. The van der Waals surface area contributed by atoms with Crippen LogP contribution in [-0.2, 0) is 14.1 Å². The summed E-state index contributed by atoms with van der Waals surface area (Å²) in [6.07, 6.45) is 3.16. The van der Waals surface area contributed by atoms with Crippen molar-refractivity contribution in [2.75, 3.05) is 11.4 Å². The minimum absolute atomic E-state index is 0.0540. The molecular weight excluding hydrogens is 244 g/mol. The average molecular weight is 262 g/mol. The maximum atomic E-state index is 12.0. The fraction of sp³-hybridized carbons (Fsp3) is 0.615. The molecule has 0 aliphatic carbocycles. The first-order chi connectivity index (χ1) is 8.99. The van der Waals surface area contributed by atoms with Crippen molar-refractivity contribution < 1.29 is 0 Å². The van der Waals surface area contributed by atoms with Crippen molar-refractivity contribution in [1.82, 2.24) is 9.13 Å². The smallest absolute Gasteiger partial charge is 0.332 e. The van der Waals surface area contributed by atoms with Crippen LogP contribution < -0.4 is 16.1 Å². The van der Waals surface area contributed by atoms with E-state index in [0.717, 1.165) is 30.4 Å². The van der Waals surface area contributed by atoms with E-state index in [1.165, 1.54) is 11.6 Å². The summed E-state index contributed by atoms with van der Waals surface area (Å²) in [7, 11) is 3.01. The van der Waals surface area contributed by atoms with Gasteiger partial charge in [0.25, 0.3) is 5.56 Å². The Balaban J connectivity index is 2.73. The number of nitriles is 1. The van der Waals surface area contributed by atoms with Crippen LogP contribution in [-0.4, -0.2) is 21.7 Å². The lowest BCUT2D eigenvalue weighted by atomic mass is 10.0. The highest BCUT2D eigenvalue weighted by atomic mass is 16.2. The van der Waals surface area contributed by atoms with Crippen molar-refractivity contribution in [1.29, 1.82) is 5.26 Å². The number of piperidine rings is 1. The molecule has 1 unspecified atom stereocenters. The lowest BCUT2D eigenvalue weighted by molar-refractivity contribution is 0.471. The zero-order valence-corrected chi connectivity index (χ0v) is 11.5. The molecule has 19 heavy (non-hydrogen) atoms. The van der Waals surface area contributed by atoms with E-state index in [4.69, 9.17) is 0 Å². The fourth-order valence-electron chi connectivity index (χ4n) is 2.68. The molecule has 0 aromatic carbocycles. The maximum Gasteiger partial charge on any atom is 0.332 e. The normalized spacial score (nSPS) is 19.3. The molecular formula is C13H18N4O2. The molecule has 1 aromatic rings. The zero-order valence-electron chi connectivity index (χ0n) is 11.5. The molecule has 1 aromatic heterocycles. The lowest BCUT2D eigenvalue weighted by Crippen LogP contribution is -2.46. The van der Waals surface area contributed by atoms with E-state index < -0.39 is 11.2 Å². The molecule has 0 N–H and O–H groups in total. The van der Waals surface area contributed by atoms with E-state index in [1.54, 1.807) is 7.05 Å². The fourth-order valence-corrected chi connectivity index (χ4v) is 2.68. The monoisotopic (exact) mass is 262 g/mol. The van der Waals surface area contributed by atoms with Crippen LogP contribution in [0.1, 0.15) is 31.7 Å². The Bertz CT molecular complexity index is 650. The number of hydrogen-bond donors (Lipinski definition) is 0. The number of rotatable bonds is 1. The topological polar surface area (TPSA) is 71.0 Å².